The molecule has 13 heteroatoms. The predicted molar refractivity (Wildman–Crippen MR) is 157 cm³/mol. The van der Waals surface area contributed by atoms with Crippen molar-refractivity contribution in [1.82, 2.24) is 33.5 Å². The van der Waals surface area contributed by atoms with Crippen LogP contribution in [-0.2, 0) is 23.1 Å². The van der Waals surface area contributed by atoms with Gasteiger partial charge in [0.15, 0.2) is 11.5 Å². The number of sulfonamides is 1. The molecule has 1 aliphatic rings. The number of rotatable bonds is 9. The van der Waals surface area contributed by atoms with Gasteiger partial charge in [-0.2, -0.15) is 4.31 Å². The maximum absolute atomic E-state index is 13.7. The smallest absolute Gasteiger partial charge is 0.280 e. The molecule has 1 fully saturated rings. The lowest BCUT2D eigenvalue weighted by molar-refractivity contribution is 0.313. The summed E-state index contributed by atoms with van der Waals surface area (Å²) in [5, 5.41) is 3.60. The van der Waals surface area contributed by atoms with E-state index in [1.165, 1.54) is 22.4 Å². The Morgan fingerprint density at radius 1 is 1.07 bits per heavy atom. The zero-order valence-electron chi connectivity index (χ0n) is 22.9. The number of benzene rings is 1. The van der Waals surface area contributed by atoms with Crippen molar-refractivity contribution in [2.45, 2.75) is 13.1 Å². The lowest BCUT2D eigenvalue weighted by atomic mass is 10.2. The molecule has 0 saturated carbocycles. The topological polar surface area (TPSA) is 121 Å². The molecular formula is C27H33N9O3S. The fourth-order valence-corrected chi connectivity index (χ4v) is 5.02. The fraction of sp³-hybridized carbons (Fsp3) is 0.333. The van der Waals surface area contributed by atoms with Crippen molar-refractivity contribution >= 4 is 38.2 Å². The molecule has 0 unspecified atom stereocenters. The van der Waals surface area contributed by atoms with Gasteiger partial charge in [-0.3, -0.25) is 4.79 Å². The van der Waals surface area contributed by atoms with Gasteiger partial charge in [-0.05, 0) is 43.4 Å². The first-order valence-corrected chi connectivity index (χ1v) is 14.8. The van der Waals surface area contributed by atoms with Crippen molar-refractivity contribution in [3.05, 3.63) is 77.5 Å². The first-order chi connectivity index (χ1) is 19.2. The molecule has 3 aromatic heterocycles. The SMILES string of the molecule is C=CCn1c(=O)c2c(Nc3ccc(N4CCN(C)CC4)cc3)ncnc2n1-c1cccc(CN(C)S(C)(=O)=O)n1. The van der Waals surface area contributed by atoms with Crippen LogP contribution >= 0.6 is 0 Å². The van der Waals surface area contributed by atoms with Crippen LogP contribution in [0.4, 0.5) is 17.2 Å². The Kier molecular flexibility index (Phi) is 7.70. The molecule has 40 heavy (non-hydrogen) atoms. The summed E-state index contributed by atoms with van der Waals surface area (Å²) in [4.78, 5) is 31.8. The molecule has 0 amide bonds. The fourth-order valence-electron chi connectivity index (χ4n) is 4.66. The molecule has 12 nitrogen and oxygen atoms in total. The van der Waals surface area contributed by atoms with E-state index < -0.39 is 10.0 Å². The molecule has 210 valence electrons. The van der Waals surface area contributed by atoms with Crippen LogP contribution < -0.4 is 15.8 Å². The van der Waals surface area contributed by atoms with E-state index in [2.05, 4.69) is 55.8 Å². The number of hydrogen-bond acceptors (Lipinski definition) is 9. The number of nitrogens with zero attached hydrogens (tertiary/aromatic N) is 8. The molecular weight excluding hydrogens is 530 g/mol. The minimum Gasteiger partial charge on any atom is -0.369 e. The van der Waals surface area contributed by atoms with E-state index in [4.69, 9.17) is 0 Å². The van der Waals surface area contributed by atoms with Gasteiger partial charge >= 0.3 is 0 Å². The van der Waals surface area contributed by atoms with Crippen LogP contribution in [0, 0.1) is 0 Å². The van der Waals surface area contributed by atoms with Gasteiger partial charge < -0.3 is 15.1 Å². The van der Waals surface area contributed by atoms with Gasteiger partial charge in [-0.25, -0.2) is 32.7 Å². The molecule has 1 aliphatic heterocycles. The van der Waals surface area contributed by atoms with E-state index in [0.717, 1.165) is 43.8 Å². The second kappa shape index (κ2) is 11.2. The molecule has 4 aromatic rings. The Hall–Kier alpha value is -4.07. The van der Waals surface area contributed by atoms with Crippen LogP contribution in [0.15, 0.2) is 66.2 Å². The third-order valence-corrected chi connectivity index (χ3v) is 8.24. The molecule has 0 atom stereocenters. The third-order valence-electron chi connectivity index (χ3n) is 6.98. The number of anilines is 3. The highest BCUT2D eigenvalue weighted by Crippen LogP contribution is 2.25. The predicted octanol–water partition coefficient (Wildman–Crippen LogP) is 2.05. The summed E-state index contributed by atoms with van der Waals surface area (Å²) in [5.41, 5.74) is 2.55. The highest BCUT2D eigenvalue weighted by atomic mass is 32.2. The number of fused-ring (bicyclic) bond motifs is 1. The first-order valence-electron chi connectivity index (χ1n) is 12.9. The number of likely N-dealkylation sites (N-methyl/N-ethyl adjacent to an activating group) is 1. The molecule has 0 spiro atoms. The van der Waals surface area contributed by atoms with Gasteiger partial charge in [0.05, 0.1) is 25.0 Å². The minimum atomic E-state index is -3.39. The van der Waals surface area contributed by atoms with Crippen LogP contribution in [-0.4, -0.2) is 88.5 Å². The summed E-state index contributed by atoms with van der Waals surface area (Å²) >= 11 is 0. The summed E-state index contributed by atoms with van der Waals surface area (Å²) in [6, 6.07) is 13.3. The van der Waals surface area contributed by atoms with Gasteiger partial charge in [0.25, 0.3) is 5.56 Å². The lowest BCUT2D eigenvalue weighted by Gasteiger charge is -2.34. The first kappa shape index (κ1) is 27.5. The molecule has 0 radical (unpaired) electrons. The summed E-state index contributed by atoms with van der Waals surface area (Å²) in [5.74, 6) is 0.807. The summed E-state index contributed by atoms with van der Waals surface area (Å²) < 4.78 is 28.1. The van der Waals surface area contributed by atoms with Crippen LogP contribution in [0.5, 0.6) is 0 Å². The summed E-state index contributed by atoms with van der Waals surface area (Å²) in [6.45, 7) is 8.11. The lowest BCUT2D eigenvalue weighted by Crippen LogP contribution is -2.44. The van der Waals surface area contributed by atoms with Gasteiger partial charge in [-0.1, -0.05) is 12.1 Å². The van der Waals surface area contributed by atoms with Crippen LogP contribution in [0.1, 0.15) is 5.69 Å². The van der Waals surface area contributed by atoms with Crippen LogP contribution in [0.2, 0.25) is 0 Å². The highest BCUT2D eigenvalue weighted by Gasteiger charge is 2.21. The van der Waals surface area contributed by atoms with Crippen LogP contribution in [0.25, 0.3) is 16.9 Å². The van der Waals surface area contributed by atoms with Crippen molar-refractivity contribution < 1.29 is 8.42 Å². The van der Waals surface area contributed by atoms with E-state index in [1.54, 1.807) is 29.0 Å². The number of piperazine rings is 1. The van der Waals surface area contributed by atoms with Gasteiger partial charge in [0.2, 0.25) is 10.0 Å². The quantitative estimate of drug-likeness (QED) is 0.305. The van der Waals surface area contributed by atoms with E-state index in [0.29, 0.717) is 28.4 Å². The molecule has 1 N–H and O–H groups in total. The Morgan fingerprint density at radius 2 is 1.80 bits per heavy atom. The number of hydrogen-bond donors (Lipinski definition) is 1. The highest BCUT2D eigenvalue weighted by molar-refractivity contribution is 7.88. The second-order valence-electron chi connectivity index (χ2n) is 9.88. The summed E-state index contributed by atoms with van der Waals surface area (Å²) in [6.07, 6.45) is 4.16. The average molecular weight is 564 g/mol. The van der Waals surface area contributed by atoms with Crippen molar-refractivity contribution in [3.63, 3.8) is 0 Å². The van der Waals surface area contributed by atoms with E-state index in [1.807, 2.05) is 12.1 Å². The van der Waals surface area contributed by atoms with Crippen molar-refractivity contribution in [2.75, 3.05) is 56.7 Å². The maximum Gasteiger partial charge on any atom is 0.280 e. The molecule has 0 aliphatic carbocycles. The van der Waals surface area contributed by atoms with Gasteiger partial charge in [0.1, 0.15) is 17.5 Å². The van der Waals surface area contributed by atoms with Crippen molar-refractivity contribution in [2.24, 2.45) is 0 Å². The average Bonchev–Trinajstić information content (AvgIpc) is 3.21. The Morgan fingerprint density at radius 3 is 2.48 bits per heavy atom. The van der Waals surface area contributed by atoms with Gasteiger partial charge in [-0.15, -0.1) is 6.58 Å². The minimum absolute atomic E-state index is 0.0868. The van der Waals surface area contributed by atoms with E-state index >= 15 is 0 Å². The molecule has 0 bridgehead atoms. The number of nitrogens with one attached hydrogen (secondary N) is 1. The molecule has 1 saturated heterocycles. The number of aromatic nitrogens is 5. The number of allylic oxidation sites excluding steroid dienone is 1. The second-order valence-corrected chi connectivity index (χ2v) is 12.0. The maximum atomic E-state index is 13.7. The molecule has 1 aromatic carbocycles. The van der Waals surface area contributed by atoms with E-state index in [9.17, 15) is 13.2 Å². The standard InChI is InChI=1S/C27H33N9O3S/c1-5-13-35-27(37)24-25(31-20-9-11-22(12-10-20)34-16-14-32(2)15-17-34)28-19-29-26(24)36(35)23-8-6-7-21(30-23)18-33(3)40(4,38)39/h5-12,19H,1,13-18H2,2-4H3,(H,28,29,31). The largest absolute Gasteiger partial charge is 0.369 e. The molecule has 4 heterocycles. The summed E-state index contributed by atoms with van der Waals surface area (Å²) in [7, 11) is 0.236. The van der Waals surface area contributed by atoms with E-state index in [-0.39, 0.29) is 18.6 Å². The Bertz CT molecular complexity index is 1690. The Balaban J connectivity index is 1.50. The normalized spacial score (nSPS) is 14.7. The third kappa shape index (κ3) is 5.62. The zero-order chi connectivity index (χ0) is 28.4. The van der Waals surface area contributed by atoms with Crippen molar-refractivity contribution in [3.8, 4) is 5.82 Å². The monoisotopic (exact) mass is 563 g/mol. The Labute approximate surface area is 233 Å². The molecule has 5 rings (SSSR count). The number of pyridine rings is 1. The van der Waals surface area contributed by atoms with Crippen molar-refractivity contribution in [1.29, 1.82) is 0 Å². The zero-order valence-corrected chi connectivity index (χ0v) is 23.7. The van der Waals surface area contributed by atoms with Crippen LogP contribution in [0.3, 0.4) is 0 Å². The van der Waals surface area contributed by atoms with Gasteiger partial charge in [0, 0.05) is 44.6 Å².